The number of benzene rings is 2. The number of carbonyl (C=O) groups excluding carboxylic acids is 1. The number of halogens is 1. The fraction of sp³-hybridized carbons (Fsp3) is 0.0588. The average molecular weight is 297 g/mol. The Hall–Kier alpha value is -2.20. The van der Waals surface area contributed by atoms with Crippen LogP contribution in [-0.2, 0) is 0 Å². The van der Waals surface area contributed by atoms with Gasteiger partial charge in [0.05, 0.1) is 11.3 Å². The molecule has 2 nitrogen and oxygen atoms in total. The molecular weight excluding hydrogens is 285 g/mol. The second kappa shape index (κ2) is 6.06. The lowest BCUT2D eigenvalue weighted by molar-refractivity contribution is 0.102. The summed E-state index contributed by atoms with van der Waals surface area (Å²) in [6, 6.07) is 15.5. The summed E-state index contributed by atoms with van der Waals surface area (Å²) in [5.74, 6) is 0.0546. The minimum atomic E-state index is -0.274. The number of hydrogen-bond acceptors (Lipinski definition) is 3. The van der Waals surface area contributed by atoms with Crippen LogP contribution < -0.4 is 0 Å². The molecule has 0 aliphatic heterocycles. The van der Waals surface area contributed by atoms with Gasteiger partial charge < -0.3 is 0 Å². The molecule has 0 saturated carbocycles. The summed E-state index contributed by atoms with van der Waals surface area (Å²) < 4.78 is 12.8. The zero-order valence-electron chi connectivity index (χ0n) is 11.1. The molecular formula is C17H12FNOS. The Morgan fingerprint density at radius 1 is 1.05 bits per heavy atom. The van der Waals surface area contributed by atoms with Crippen LogP contribution in [-0.4, -0.2) is 16.5 Å². The van der Waals surface area contributed by atoms with Crippen LogP contribution in [0, 0.1) is 5.82 Å². The number of carbonyl (C=O) groups is 1. The van der Waals surface area contributed by atoms with Crippen molar-refractivity contribution >= 4 is 28.4 Å². The largest absolute Gasteiger partial charge is 0.293 e. The smallest absolute Gasteiger partial charge is 0.175 e. The number of para-hydroxylation sites is 1. The fourth-order valence-electron chi connectivity index (χ4n) is 2.09. The third-order valence-corrected chi connectivity index (χ3v) is 4.13. The summed E-state index contributed by atoms with van der Waals surface area (Å²) >= 11 is 1.40. The number of rotatable bonds is 4. The zero-order valence-corrected chi connectivity index (χ0v) is 11.9. The number of Topliss-reactive ketones (excluding diaryl/α,β-unsaturated/α-hetero) is 1. The van der Waals surface area contributed by atoms with Crippen molar-refractivity contribution in [2.45, 2.75) is 4.90 Å². The molecule has 0 aliphatic carbocycles. The number of hydrogen-bond donors (Lipinski definition) is 0. The van der Waals surface area contributed by atoms with E-state index >= 15 is 0 Å². The van der Waals surface area contributed by atoms with Gasteiger partial charge in [0.1, 0.15) is 5.82 Å². The number of aromatic nitrogens is 1. The molecule has 0 saturated heterocycles. The van der Waals surface area contributed by atoms with Crippen LogP contribution in [0.25, 0.3) is 10.9 Å². The van der Waals surface area contributed by atoms with Crippen molar-refractivity contribution < 1.29 is 9.18 Å². The molecule has 0 amide bonds. The summed E-state index contributed by atoms with van der Waals surface area (Å²) in [7, 11) is 0. The van der Waals surface area contributed by atoms with Crippen molar-refractivity contribution in [3.05, 3.63) is 72.2 Å². The maximum absolute atomic E-state index is 12.8. The monoisotopic (exact) mass is 297 g/mol. The van der Waals surface area contributed by atoms with E-state index in [0.29, 0.717) is 11.3 Å². The van der Waals surface area contributed by atoms with Crippen LogP contribution in [0.15, 0.2) is 65.7 Å². The van der Waals surface area contributed by atoms with Crippen LogP contribution in [0.1, 0.15) is 10.4 Å². The highest BCUT2D eigenvalue weighted by molar-refractivity contribution is 8.00. The normalized spacial score (nSPS) is 10.7. The molecule has 0 aliphatic rings. The van der Waals surface area contributed by atoms with Crippen molar-refractivity contribution in [3.8, 4) is 0 Å². The van der Waals surface area contributed by atoms with Gasteiger partial charge in [-0.15, -0.1) is 11.8 Å². The number of nitrogens with zero attached hydrogens (tertiary/aromatic N) is 1. The summed E-state index contributed by atoms with van der Waals surface area (Å²) in [5, 5.41) is 0.954. The van der Waals surface area contributed by atoms with Gasteiger partial charge >= 0.3 is 0 Å². The van der Waals surface area contributed by atoms with Crippen molar-refractivity contribution in [3.63, 3.8) is 0 Å². The van der Waals surface area contributed by atoms with Gasteiger partial charge in [0.25, 0.3) is 0 Å². The molecule has 1 heterocycles. The van der Waals surface area contributed by atoms with Crippen molar-refractivity contribution in [1.82, 2.24) is 4.98 Å². The maximum atomic E-state index is 12.8. The second-order valence-electron chi connectivity index (χ2n) is 4.55. The molecule has 2 aromatic carbocycles. The van der Waals surface area contributed by atoms with Crippen LogP contribution in [0.3, 0.4) is 0 Å². The van der Waals surface area contributed by atoms with Gasteiger partial charge in [-0.25, -0.2) is 4.39 Å². The first-order valence-corrected chi connectivity index (χ1v) is 7.48. The summed E-state index contributed by atoms with van der Waals surface area (Å²) in [4.78, 5) is 17.5. The molecule has 4 heteroatoms. The van der Waals surface area contributed by atoms with Gasteiger partial charge in [0.15, 0.2) is 5.78 Å². The quantitative estimate of drug-likeness (QED) is 0.530. The predicted octanol–water partition coefficient (Wildman–Crippen LogP) is 4.35. The summed E-state index contributed by atoms with van der Waals surface area (Å²) in [6.07, 6.45) is 1.69. The number of thioether (sulfide) groups is 1. The SMILES string of the molecule is O=C(CSc1ccc(F)cc1)c1cccc2cccnc12. The Kier molecular flexibility index (Phi) is 3.97. The van der Waals surface area contributed by atoms with E-state index in [1.165, 1.54) is 23.9 Å². The van der Waals surface area contributed by atoms with Gasteiger partial charge in [-0.05, 0) is 36.4 Å². The number of fused-ring (bicyclic) bond motifs is 1. The van der Waals surface area contributed by atoms with E-state index in [1.807, 2.05) is 24.3 Å². The Bertz CT molecular complexity index is 781. The van der Waals surface area contributed by atoms with Gasteiger partial charge in [-0.3, -0.25) is 9.78 Å². The lowest BCUT2D eigenvalue weighted by Crippen LogP contribution is -2.04. The highest BCUT2D eigenvalue weighted by atomic mass is 32.2. The van der Waals surface area contributed by atoms with Crippen LogP contribution in [0.2, 0.25) is 0 Å². The third-order valence-electron chi connectivity index (χ3n) is 3.12. The predicted molar refractivity (Wildman–Crippen MR) is 83.2 cm³/mol. The Labute approximate surface area is 126 Å². The van der Waals surface area contributed by atoms with E-state index in [9.17, 15) is 9.18 Å². The molecule has 0 unspecified atom stereocenters. The molecule has 0 spiro atoms. The Morgan fingerprint density at radius 3 is 2.62 bits per heavy atom. The van der Waals surface area contributed by atoms with Crippen LogP contribution in [0.4, 0.5) is 4.39 Å². The lowest BCUT2D eigenvalue weighted by Gasteiger charge is -2.05. The van der Waals surface area contributed by atoms with Crippen LogP contribution >= 0.6 is 11.8 Å². The highest BCUT2D eigenvalue weighted by Gasteiger charge is 2.11. The number of pyridine rings is 1. The van der Waals surface area contributed by atoms with Gasteiger partial charge in [-0.2, -0.15) is 0 Å². The third kappa shape index (κ3) is 3.11. The molecule has 104 valence electrons. The fourth-order valence-corrected chi connectivity index (χ4v) is 2.87. The minimum absolute atomic E-state index is 0.0219. The van der Waals surface area contributed by atoms with Crippen molar-refractivity contribution in [1.29, 1.82) is 0 Å². The van der Waals surface area contributed by atoms with E-state index in [1.54, 1.807) is 24.4 Å². The van der Waals surface area contributed by atoms with Crippen molar-refractivity contribution in [2.24, 2.45) is 0 Å². The van der Waals surface area contributed by atoms with E-state index < -0.39 is 0 Å². The molecule has 0 atom stereocenters. The zero-order chi connectivity index (χ0) is 14.7. The average Bonchev–Trinajstić information content (AvgIpc) is 2.53. The minimum Gasteiger partial charge on any atom is -0.293 e. The van der Waals surface area contributed by atoms with E-state index in [0.717, 1.165) is 15.8 Å². The van der Waals surface area contributed by atoms with E-state index in [4.69, 9.17) is 0 Å². The standard InChI is InChI=1S/C17H12FNOS/c18-13-6-8-14(9-7-13)21-11-16(20)15-5-1-3-12-4-2-10-19-17(12)15/h1-10H,11H2. The molecule has 0 N–H and O–H groups in total. The second-order valence-corrected chi connectivity index (χ2v) is 5.60. The van der Waals surface area contributed by atoms with Gasteiger partial charge in [-0.1, -0.05) is 18.2 Å². The topological polar surface area (TPSA) is 30.0 Å². The molecule has 0 bridgehead atoms. The highest BCUT2D eigenvalue weighted by Crippen LogP contribution is 2.22. The Morgan fingerprint density at radius 2 is 1.81 bits per heavy atom. The first kappa shape index (κ1) is 13.8. The lowest BCUT2D eigenvalue weighted by atomic mass is 10.1. The molecule has 21 heavy (non-hydrogen) atoms. The molecule has 1 aromatic heterocycles. The molecule has 0 radical (unpaired) electrons. The van der Waals surface area contributed by atoms with Crippen LogP contribution in [0.5, 0.6) is 0 Å². The van der Waals surface area contributed by atoms with E-state index in [-0.39, 0.29) is 11.6 Å². The number of ketones is 1. The molecule has 0 fully saturated rings. The summed E-state index contributed by atoms with van der Waals surface area (Å²) in [6.45, 7) is 0. The first-order valence-electron chi connectivity index (χ1n) is 6.49. The summed E-state index contributed by atoms with van der Waals surface area (Å²) in [5.41, 5.74) is 1.35. The first-order chi connectivity index (χ1) is 10.2. The Balaban J connectivity index is 1.79. The molecule has 3 aromatic rings. The van der Waals surface area contributed by atoms with Crippen molar-refractivity contribution in [2.75, 3.05) is 5.75 Å². The van der Waals surface area contributed by atoms with E-state index in [2.05, 4.69) is 4.98 Å². The van der Waals surface area contributed by atoms with Gasteiger partial charge in [0.2, 0.25) is 0 Å². The van der Waals surface area contributed by atoms with Gasteiger partial charge in [0, 0.05) is 22.0 Å². The molecule has 3 rings (SSSR count). The maximum Gasteiger partial charge on any atom is 0.175 e.